The van der Waals surface area contributed by atoms with Gasteiger partial charge in [0.05, 0.1) is 0 Å². The second-order valence-corrected chi connectivity index (χ2v) is 7.13. The molecule has 7 nitrogen and oxygen atoms in total. The number of halogens is 1. The number of amides is 3. The fraction of sp³-hybridized carbons (Fsp3) is 0.300. The Morgan fingerprint density at radius 2 is 2.00 bits per heavy atom. The molecule has 0 aromatic heterocycles. The number of benzene rings is 2. The van der Waals surface area contributed by atoms with Gasteiger partial charge in [-0.05, 0) is 48.7 Å². The number of hydrogen-bond acceptors (Lipinski definition) is 4. The molecule has 0 saturated carbocycles. The lowest BCUT2D eigenvalue weighted by atomic mass is 10.1. The molecule has 2 heterocycles. The number of carbonyl (C=O) groups is 2. The SMILES string of the molecule is O=C(NCc1ccc2c(c1)OCO2)[C@H]1CCCN1C(=O)Nc1cccc(Cl)c1. The minimum atomic E-state index is -0.492. The van der Waals surface area contributed by atoms with Crippen molar-refractivity contribution in [2.45, 2.75) is 25.4 Å². The summed E-state index contributed by atoms with van der Waals surface area (Å²) in [5, 5.41) is 6.25. The molecule has 4 rings (SSSR count). The van der Waals surface area contributed by atoms with Gasteiger partial charge >= 0.3 is 6.03 Å². The van der Waals surface area contributed by atoms with Crippen LogP contribution in [0.2, 0.25) is 5.02 Å². The minimum absolute atomic E-state index is 0.170. The van der Waals surface area contributed by atoms with Crippen molar-refractivity contribution in [1.29, 1.82) is 0 Å². The number of fused-ring (bicyclic) bond motifs is 1. The Labute approximate surface area is 167 Å². The van der Waals surface area contributed by atoms with Gasteiger partial charge in [-0.2, -0.15) is 0 Å². The van der Waals surface area contributed by atoms with E-state index in [1.807, 2.05) is 18.2 Å². The van der Waals surface area contributed by atoms with Crippen LogP contribution in [0.1, 0.15) is 18.4 Å². The zero-order chi connectivity index (χ0) is 19.5. The third-order valence-corrected chi connectivity index (χ3v) is 5.03. The monoisotopic (exact) mass is 401 g/mol. The number of urea groups is 1. The topological polar surface area (TPSA) is 79.9 Å². The molecule has 28 heavy (non-hydrogen) atoms. The van der Waals surface area contributed by atoms with Crippen LogP contribution >= 0.6 is 11.6 Å². The Morgan fingerprint density at radius 3 is 2.86 bits per heavy atom. The molecular weight excluding hydrogens is 382 g/mol. The Morgan fingerprint density at radius 1 is 1.14 bits per heavy atom. The van der Waals surface area contributed by atoms with E-state index < -0.39 is 6.04 Å². The molecule has 0 bridgehead atoms. The fourth-order valence-corrected chi connectivity index (χ4v) is 3.59. The zero-order valence-corrected chi connectivity index (χ0v) is 15.9. The van der Waals surface area contributed by atoms with Gasteiger partial charge in [0.15, 0.2) is 11.5 Å². The highest BCUT2D eigenvalue weighted by Crippen LogP contribution is 2.32. The number of carbonyl (C=O) groups excluding carboxylic acids is 2. The van der Waals surface area contributed by atoms with Crippen LogP contribution in [-0.4, -0.2) is 36.2 Å². The summed E-state index contributed by atoms with van der Waals surface area (Å²) < 4.78 is 10.6. The third kappa shape index (κ3) is 3.99. The molecule has 0 spiro atoms. The summed E-state index contributed by atoms with van der Waals surface area (Å²) >= 11 is 5.96. The highest BCUT2D eigenvalue weighted by Gasteiger charge is 2.34. The minimum Gasteiger partial charge on any atom is -0.454 e. The summed E-state index contributed by atoms with van der Waals surface area (Å²) in [6, 6.07) is 11.7. The first-order chi connectivity index (χ1) is 13.6. The van der Waals surface area contributed by atoms with Crippen molar-refractivity contribution in [2.75, 3.05) is 18.7 Å². The number of rotatable bonds is 4. The zero-order valence-electron chi connectivity index (χ0n) is 15.1. The molecule has 0 unspecified atom stereocenters. The van der Waals surface area contributed by atoms with Crippen LogP contribution in [0.15, 0.2) is 42.5 Å². The molecule has 2 aromatic rings. The van der Waals surface area contributed by atoms with Gasteiger partial charge in [-0.1, -0.05) is 23.7 Å². The van der Waals surface area contributed by atoms with Gasteiger partial charge in [-0.15, -0.1) is 0 Å². The molecule has 3 amide bonds. The number of likely N-dealkylation sites (tertiary alicyclic amines) is 1. The van der Waals surface area contributed by atoms with Crippen molar-refractivity contribution in [3.8, 4) is 11.5 Å². The predicted octanol–water partition coefficient (Wildman–Crippen LogP) is 3.38. The van der Waals surface area contributed by atoms with Crippen LogP contribution in [0.25, 0.3) is 0 Å². The van der Waals surface area contributed by atoms with Crippen LogP contribution < -0.4 is 20.1 Å². The molecule has 2 aromatic carbocycles. The number of nitrogens with one attached hydrogen (secondary N) is 2. The summed E-state index contributed by atoms with van der Waals surface area (Å²) in [7, 11) is 0. The van der Waals surface area contributed by atoms with Crippen molar-refractivity contribution < 1.29 is 19.1 Å². The Bertz CT molecular complexity index is 905. The van der Waals surface area contributed by atoms with Crippen molar-refractivity contribution in [2.24, 2.45) is 0 Å². The van der Waals surface area contributed by atoms with Crippen molar-refractivity contribution in [3.63, 3.8) is 0 Å². The van der Waals surface area contributed by atoms with Crippen LogP contribution in [0.5, 0.6) is 11.5 Å². The maximum atomic E-state index is 12.7. The van der Waals surface area contributed by atoms with E-state index in [0.717, 1.165) is 12.0 Å². The van der Waals surface area contributed by atoms with E-state index in [9.17, 15) is 9.59 Å². The van der Waals surface area contributed by atoms with Crippen LogP contribution in [0, 0.1) is 0 Å². The summed E-state index contributed by atoms with van der Waals surface area (Å²) in [6.07, 6.45) is 1.42. The van der Waals surface area contributed by atoms with Gasteiger partial charge in [0.2, 0.25) is 12.7 Å². The van der Waals surface area contributed by atoms with Gasteiger partial charge in [0.25, 0.3) is 0 Å². The highest BCUT2D eigenvalue weighted by molar-refractivity contribution is 6.30. The van der Waals surface area contributed by atoms with Gasteiger partial charge in [-0.25, -0.2) is 4.79 Å². The first-order valence-electron chi connectivity index (χ1n) is 9.09. The molecule has 0 radical (unpaired) electrons. The molecule has 0 aliphatic carbocycles. The number of hydrogen-bond donors (Lipinski definition) is 2. The maximum absolute atomic E-state index is 12.7. The summed E-state index contributed by atoms with van der Waals surface area (Å²) in [5.74, 6) is 1.21. The Kier molecular flexibility index (Phi) is 5.25. The van der Waals surface area contributed by atoms with E-state index in [1.54, 1.807) is 29.2 Å². The number of nitrogens with zero attached hydrogens (tertiary/aromatic N) is 1. The smallest absolute Gasteiger partial charge is 0.322 e. The molecule has 1 atom stereocenters. The Balaban J connectivity index is 1.36. The van der Waals surface area contributed by atoms with Crippen LogP contribution in [-0.2, 0) is 11.3 Å². The third-order valence-electron chi connectivity index (χ3n) is 4.80. The maximum Gasteiger partial charge on any atom is 0.322 e. The Hall–Kier alpha value is -2.93. The first kappa shape index (κ1) is 18.4. The van der Waals surface area contributed by atoms with Gasteiger partial charge in [-0.3, -0.25) is 4.79 Å². The normalized spacial score (nSPS) is 17.5. The van der Waals surface area contributed by atoms with E-state index in [1.165, 1.54) is 0 Å². The van der Waals surface area contributed by atoms with Gasteiger partial charge < -0.3 is 25.0 Å². The quantitative estimate of drug-likeness (QED) is 0.823. The van der Waals surface area contributed by atoms with Gasteiger partial charge in [0, 0.05) is 23.8 Å². The molecule has 2 aliphatic rings. The highest BCUT2D eigenvalue weighted by atomic mass is 35.5. The van der Waals surface area contributed by atoms with E-state index in [0.29, 0.717) is 41.7 Å². The second-order valence-electron chi connectivity index (χ2n) is 6.70. The van der Waals surface area contributed by atoms with Crippen molar-refractivity contribution in [3.05, 3.63) is 53.1 Å². The molecule has 1 saturated heterocycles. The van der Waals surface area contributed by atoms with Gasteiger partial charge in [0.1, 0.15) is 6.04 Å². The van der Waals surface area contributed by atoms with E-state index >= 15 is 0 Å². The predicted molar refractivity (Wildman–Crippen MR) is 105 cm³/mol. The number of ether oxygens (including phenoxy) is 2. The summed E-state index contributed by atoms with van der Waals surface area (Å²) in [6.45, 7) is 1.11. The average Bonchev–Trinajstić information content (AvgIpc) is 3.35. The van der Waals surface area contributed by atoms with Crippen molar-refractivity contribution in [1.82, 2.24) is 10.2 Å². The average molecular weight is 402 g/mol. The summed E-state index contributed by atoms with van der Waals surface area (Å²) in [5.41, 5.74) is 1.51. The van der Waals surface area contributed by atoms with E-state index in [2.05, 4.69) is 10.6 Å². The lowest BCUT2D eigenvalue weighted by Gasteiger charge is -2.24. The van der Waals surface area contributed by atoms with Crippen LogP contribution in [0.3, 0.4) is 0 Å². The molecule has 2 aliphatic heterocycles. The van der Waals surface area contributed by atoms with E-state index in [4.69, 9.17) is 21.1 Å². The lowest BCUT2D eigenvalue weighted by Crippen LogP contribution is -2.47. The summed E-state index contributed by atoms with van der Waals surface area (Å²) in [4.78, 5) is 26.8. The van der Waals surface area contributed by atoms with Crippen LogP contribution in [0.4, 0.5) is 10.5 Å². The van der Waals surface area contributed by atoms with E-state index in [-0.39, 0.29) is 18.7 Å². The van der Waals surface area contributed by atoms with Crippen molar-refractivity contribution >= 4 is 29.2 Å². The first-order valence-corrected chi connectivity index (χ1v) is 9.47. The largest absolute Gasteiger partial charge is 0.454 e. The standard InChI is InChI=1S/C20H20ClN3O4/c21-14-3-1-4-15(10-14)23-20(26)24-8-2-5-16(24)19(25)22-11-13-6-7-17-18(9-13)28-12-27-17/h1,3-4,6-7,9-10,16H,2,5,8,11-12H2,(H,22,25)(H,23,26)/t16-/m1/s1. The second kappa shape index (κ2) is 7.98. The lowest BCUT2D eigenvalue weighted by molar-refractivity contribution is -0.124. The molecule has 1 fully saturated rings. The fourth-order valence-electron chi connectivity index (χ4n) is 3.40. The molecule has 8 heteroatoms. The molecule has 2 N–H and O–H groups in total. The molecule has 146 valence electrons. The molecular formula is C20H20ClN3O4. The number of anilines is 1.